The molecule has 0 radical (unpaired) electrons. The molecule has 0 aliphatic heterocycles. The van der Waals surface area contributed by atoms with Crippen molar-refractivity contribution in [3.05, 3.63) is 29.8 Å². The number of aliphatic hydroxyl groups excluding tert-OH is 1. The molecule has 0 spiro atoms. The van der Waals surface area contributed by atoms with Gasteiger partial charge in [-0.05, 0) is 18.1 Å². The van der Waals surface area contributed by atoms with Crippen molar-refractivity contribution in [3.8, 4) is 0 Å². The van der Waals surface area contributed by atoms with Crippen LogP contribution in [0.4, 0.5) is 0 Å². The van der Waals surface area contributed by atoms with Gasteiger partial charge in [-0.3, -0.25) is 4.79 Å². The number of hydrogen-bond donors (Lipinski definition) is 2. The number of amides is 1. The molecule has 0 aliphatic rings. The Balaban J connectivity index is 2.95. The van der Waals surface area contributed by atoms with Gasteiger partial charge in [0.1, 0.15) is 0 Å². The summed E-state index contributed by atoms with van der Waals surface area (Å²) >= 11 is 0. The SMILES string of the molecule is CCS(=O)(=O)c1ccccc1C(=O)NCC(O)C(C)C. The fraction of sp³-hybridized carbons (Fsp3) is 0.500. The van der Waals surface area contributed by atoms with E-state index in [0.717, 1.165) is 0 Å². The largest absolute Gasteiger partial charge is 0.391 e. The van der Waals surface area contributed by atoms with E-state index < -0.39 is 21.8 Å². The molecule has 0 heterocycles. The van der Waals surface area contributed by atoms with E-state index in [0.29, 0.717) is 0 Å². The predicted octanol–water partition coefficient (Wildman–Crippen LogP) is 1.23. The topological polar surface area (TPSA) is 83.5 Å². The summed E-state index contributed by atoms with van der Waals surface area (Å²) in [5, 5.41) is 12.2. The van der Waals surface area contributed by atoms with Gasteiger partial charge in [-0.25, -0.2) is 8.42 Å². The highest BCUT2D eigenvalue weighted by atomic mass is 32.2. The Morgan fingerprint density at radius 2 is 1.90 bits per heavy atom. The second-order valence-electron chi connectivity index (χ2n) is 4.92. The van der Waals surface area contributed by atoms with Gasteiger partial charge in [0.15, 0.2) is 9.84 Å². The van der Waals surface area contributed by atoms with Crippen LogP contribution in [0.5, 0.6) is 0 Å². The molecule has 1 aromatic carbocycles. The molecule has 0 aliphatic carbocycles. The molecule has 0 saturated heterocycles. The normalized spacial score (nSPS) is 13.2. The van der Waals surface area contributed by atoms with Crippen LogP contribution in [-0.4, -0.2) is 37.8 Å². The molecule has 6 heteroatoms. The van der Waals surface area contributed by atoms with Crippen molar-refractivity contribution < 1.29 is 18.3 Å². The molecule has 1 amide bonds. The molecule has 5 nitrogen and oxygen atoms in total. The van der Waals surface area contributed by atoms with Crippen LogP contribution in [0.1, 0.15) is 31.1 Å². The zero-order valence-electron chi connectivity index (χ0n) is 12.0. The maximum Gasteiger partial charge on any atom is 0.252 e. The van der Waals surface area contributed by atoms with E-state index >= 15 is 0 Å². The molecule has 0 saturated carbocycles. The highest BCUT2D eigenvalue weighted by molar-refractivity contribution is 7.91. The Bertz CT molecular complexity index is 566. The van der Waals surface area contributed by atoms with Gasteiger partial charge in [0.2, 0.25) is 0 Å². The number of carbonyl (C=O) groups excluding carboxylic acids is 1. The van der Waals surface area contributed by atoms with Crippen LogP contribution in [0, 0.1) is 5.92 Å². The van der Waals surface area contributed by atoms with E-state index in [4.69, 9.17) is 0 Å². The molecule has 112 valence electrons. The van der Waals surface area contributed by atoms with Gasteiger partial charge in [0.05, 0.1) is 22.3 Å². The number of hydrogen-bond acceptors (Lipinski definition) is 4. The molecule has 0 aromatic heterocycles. The molecular weight excluding hydrogens is 278 g/mol. The van der Waals surface area contributed by atoms with Gasteiger partial charge in [0.25, 0.3) is 5.91 Å². The summed E-state index contributed by atoms with van der Waals surface area (Å²) in [5.41, 5.74) is 0.116. The molecule has 2 N–H and O–H groups in total. The highest BCUT2D eigenvalue weighted by Crippen LogP contribution is 2.17. The quantitative estimate of drug-likeness (QED) is 0.827. The van der Waals surface area contributed by atoms with E-state index in [-0.39, 0.29) is 28.7 Å². The van der Waals surface area contributed by atoms with Crippen molar-refractivity contribution in [1.82, 2.24) is 5.32 Å². The van der Waals surface area contributed by atoms with Crippen molar-refractivity contribution in [2.45, 2.75) is 31.8 Å². The number of nitrogens with one attached hydrogen (secondary N) is 1. The summed E-state index contributed by atoms with van der Waals surface area (Å²) < 4.78 is 23.9. The second kappa shape index (κ2) is 6.85. The third-order valence-corrected chi connectivity index (χ3v) is 4.87. The number of benzene rings is 1. The van der Waals surface area contributed by atoms with Gasteiger partial charge >= 0.3 is 0 Å². The van der Waals surface area contributed by atoms with Crippen LogP contribution in [0.15, 0.2) is 29.2 Å². The molecule has 0 bridgehead atoms. The molecule has 1 atom stereocenters. The van der Waals surface area contributed by atoms with Crippen molar-refractivity contribution in [2.24, 2.45) is 5.92 Å². The Labute approximate surface area is 119 Å². The Morgan fingerprint density at radius 1 is 1.30 bits per heavy atom. The standard InChI is InChI=1S/C14H21NO4S/c1-4-20(18,19)13-8-6-5-7-11(13)14(17)15-9-12(16)10(2)3/h5-8,10,12,16H,4,9H2,1-3H3,(H,15,17). The first-order chi connectivity index (χ1) is 9.29. The van der Waals surface area contributed by atoms with E-state index in [1.54, 1.807) is 12.1 Å². The van der Waals surface area contributed by atoms with E-state index in [2.05, 4.69) is 5.32 Å². The number of carbonyl (C=O) groups is 1. The third kappa shape index (κ3) is 4.05. The Hall–Kier alpha value is -1.40. The zero-order chi connectivity index (χ0) is 15.3. The van der Waals surface area contributed by atoms with Crippen LogP contribution in [0.2, 0.25) is 0 Å². The lowest BCUT2D eigenvalue weighted by Crippen LogP contribution is -2.35. The maximum atomic E-state index is 12.1. The third-order valence-electron chi connectivity index (χ3n) is 3.09. The van der Waals surface area contributed by atoms with Gasteiger partial charge in [-0.1, -0.05) is 32.9 Å². The van der Waals surface area contributed by atoms with Gasteiger partial charge in [-0.2, -0.15) is 0 Å². The van der Waals surface area contributed by atoms with Gasteiger partial charge < -0.3 is 10.4 Å². The van der Waals surface area contributed by atoms with Crippen LogP contribution in [-0.2, 0) is 9.84 Å². The highest BCUT2D eigenvalue weighted by Gasteiger charge is 2.21. The number of aliphatic hydroxyl groups is 1. The average Bonchev–Trinajstić information content (AvgIpc) is 2.44. The van der Waals surface area contributed by atoms with Crippen molar-refractivity contribution >= 4 is 15.7 Å². The van der Waals surface area contributed by atoms with Crippen LogP contribution >= 0.6 is 0 Å². The minimum absolute atomic E-state index is 0.0184. The minimum atomic E-state index is -3.45. The lowest BCUT2D eigenvalue weighted by molar-refractivity contribution is 0.0868. The van der Waals surface area contributed by atoms with E-state index in [1.807, 2.05) is 13.8 Å². The predicted molar refractivity (Wildman–Crippen MR) is 77.3 cm³/mol. The van der Waals surface area contributed by atoms with E-state index in [1.165, 1.54) is 19.1 Å². The summed E-state index contributed by atoms with van der Waals surface area (Å²) in [6.45, 7) is 5.31. The average molecular weight is 299 g/mol. The van der Waals surface area contributed by atoms with Crippen molar-refractivity contribution in [1.29, 1.82) is 0 Å². The van der Waals surface area contributed by atoms with Crippen molar-refractivity contribution in [3.63, 3.8) is 0 Å². The molecule has 20 heavy (non-hydrogen) atoms. The first-order valence-corrected chi connectivity index (χ1v) is 8.23. The van der Waals surface area contributed by atoms with Crippen molar-refractivity contribution in [2.75, 3.05) is 12.3 Å². The smallest absolute Gasteiger partial charge is 0.252 e. The maximum absolute atomic E-state index is 12.1. The summed E-state index contributed by atoms with van der Waals surface area (Å²) in [6, 6.07) is 6.09. The number of sulfone groups is 1. The summed E-state index contributed by atoms with van der Waals surface area (Å²) in [4.78, 5) is 12.1. The molecule has 1 aromatic rings. The Morgan fingerprint density at radius 3 is 2.45 bits per heavy atom. The van der Waals surface area contributed by atoms with E-state index in [9.17, 15) is 18.3 Å². The van der Waals surface area contributed by atoms with Crippen LogP contribution in [0.3, 0.4) is 0 Å². The fourth-order valence-corrected chi connectivity index (χ4v) is 2.70. The first kappa shape index (κ1) is 16.7. The van der Waals surface area contributed by atoms with Gasteiger partial charge in [0, 0.05) is 6.54 Å². The molecule has 1 rings (SSSR count). The fourth-order valence-electron chi connectivity index (χ4n) is 1.61. The monoisotopic (exact) mass is 299 g/mol. The lowest BCUT2D eigenvalue weighted by atomic mass is 10.1. The Kier molecular flexibility index (Phi) is 5.71. The van der Waals surface area contributed by atoms with Gasteiger partial charge in [-0.15, -0.1) is 0 Å². The molecular formula is C14H21NO4S. The molecule has 0 fully saturated rings. The summed E-state index contributed by atoms with van der Waals surface area (Å²) in [6.07, 6.45) is -0.658. The van der Waals surface area contributed by atoms with Crippen LogP contribution in [0.25, 0.3) is 0 Å². The number of rotatable bonds is 6. The minimum Gasteiger partial charge on any atom is -0.391 e. The summed E-state index contributed by atoms with van der Waals surface area (Å²) in [7, 11) is -3.45. The van der Waals surface area contributed by atoms with Crippen LogP contribution < -0.4 is 5.32 Å². The lowest BCUT2D eigenvalue weighted by Gasteiger charge is -2.16. The second-order valence-corrected chi connectivity index (χ2v) is 7.17. The first-order valence-electron chi connectivity index (χ1n) is 6.57. The summed E-state index contributed by atoms with van der Waals surface area (Å²) in [5.74, 6) is -0.534. The zero-order valence-corrected chi connectivity index (χ0v) is 12.8. The molecule has 1 unspecified atom stereocenters.